The smallest absolute Gasteiger partial charge is 0.191 e. The Morgan fingerprint density at radius 3 is 2.55 bits per heavy atom. The molecule has 1 aliphatic rings. The third-order valence-electron chi connectivity index (χ3n) is 5.23. The predicted octanol–water partition coefficient (Wildman–Crippen LogP) is 2.83. The fraction of sp³-hybridized carbons (Fsp3) is 0.696. The van der Waals surface area contributed by atoms with Crippen molar-refractivity contribution in [3.8, 4) is 5.75 Å². The van der Waals surface area contributed by atoms with Gasteiger partial charge in [-0.2, -0.15) is 0 Å². The molecule has 0 spiro atoms. The lowest BCUT2D eigenvalue weighted by Crippen LogP contribution is -2.50. The first-order valence-electron chi connectivity index (χ1n) is 11.1. The van der Waals surface area contributed by atoms with E-state index in [4.69, 9.17) is 14.5 Å². The number of halogens is 1. The van der Waals surface area contributed by atoms with Crippen molar-refractivity contribution in [1.29, 1.82) is 0 Å². The Morgan fingerprint density at radius 1 is 1.26 bits per heavy atom. The van der Waals surface area contributed by atoms with E-state index >= 15 is 0 Å². The molecule has 1 aromatic rings. The van der Waals surface area contributed by atoms with Gasteiger partial charge in [0.15, 0.2) is 5.96 Å². The lowest BCUT2D eigenvalue weighted by Gasteiger charge is -2.34. The van der Waals surface area contributed by atoms with E-state index in [1.807, 2.05) is 12.1 Å². The standard InChI is InChI=1S/C23H41N5O2.HI/c1-7-24-23(25-14-21-17-28(12-13-30-21)16-18(2)3)26-15-22(27(4)5)19-8-10-20(29-6)11-9-19;/h8-11,18,21-22H,7,12-17H2,1-6H3,(H2,24,25,26);1H. The molecule has 8 heteroatoms. The Kier molecular flexibility index (Phi) is 13.4. The highest BCUT2D eigenvalue weighted by molar-refractivity contribution is 14.0. The van der Waals surface area contributed by atoms with Crippen LogP contribution in [0.25, 0.3) is 0 Å². The van der Waals surface area contributed by atoms with Crippen LogP contribution < -0.4 is 15.4 Å². The zero-order chi connectivity index (χ0) is 21.9. The third-order valence-corrected chi connectivity index (χ3v) is 5.23. The first-order valence-corrected chi connectivity index (χ1v) is 11.1. The molecule has 2 unspecified atom stereocenters. The average molecular weight is 548 g/mol. The van der Waals surface area contributed by atoms with Crippen LogP contribution in [-0.2, 0) is 4.74 Å². The molecule has 0 saturated carbocycles. The van der Waals surface area contributed by atoms with Crippen LogP contribution >= 0.6 is 24.0 Å². The first-order chi connectivity index (χ1) is 14.4. The number of likely N-dealkylation sites (N-methyl/N-ethyl adjacent to an activating group) is 1. The van der Waals surface area contributed by atoms with Gasteiger partial charge in [0.05, 0.1) is 32.4 Å². The summed E-state index contributed by atoms with van der Waals surface area (Å²) in [6, 6.07) is 8.42. The summed E-state index contributed by atoms with van der Waals surface area (Å²) in [4.78, 5) is 9.55. The number of methoxy groups -OCH3 is 1. The van der Waals surface area contributed by atoms with Crippen LogP contribution in [0.4, 0.5) is 0 Å². The molecule has 2 rings (SSSR count). The Bertz CT molecular complexity index is 639. The van der Waals surface area contributed by atoms with E-state index in [0.717, 1.165) is 51.0 Å². The van der Waals surface area contributed by atoms with Crippen LogP contribution in [0.15, 0.2) is 29.3 Å². The second kappa shape index (κ2) is 14.9. The third kappa shape index (κ3) is 9.93. The van der Waals surface area contributed by atoms with Crippen molar-refractivity contribution in [3.05, 3.63) is 29.8 Å². The van der Waals surface area contributed by atoms with Crippen molar-refractivity contribution in [1.82, 2.24) is 20.4 Å². The van der Waals surface area contributed by atoms with Gasteiger partial charge in [-0.05, 0) is 44.6 Å². The van der Waals surface area contributed by atoms with Gasteiger partial charge >= 0.3 is 0 Å². The van der Waals surface area contributed by atoms with E-state index in [2.05, 4.69) is 67.4 Å². The van der Waals surface area contributed by atoms with Gasteiger partial charge in [0.1, 0.15) is 5.75 Å². The monoisotopic (exact) mass is 547 g/mol. The Labute approximate surface area is 206 Å². The minimum Gasteiger partial charge on any atom is -0.497 e. The molecule has 1 heterocycles. The van der Waals surface area contributed by atoms with E-state index in [1.54, 1.807) is 7.11 Å². The molecule has 1 saturated heterocycles. The summed E-state index contributed by atoms with van der Waals surface area (Å²) < 4.78 is 11.2. The summed E-state index contributed by atoms with van der Waals surface area (Å²) in [5, 5.41) is 6.84. The van der Waals surface area contributed by atoms with Crippen molar-refractivity contribution in [2.24, 2.45) is 10.9 Å². The zero-order valence-corrected chi connectivity index (χ0v) is 22.4. The minimum absolute atomic E-state index is 0. The molecule has 1 fully saturated rings. The van der Waals surface area contributed by atoms with Crippen molar-refractivity contribution >= 4 is 29.9 Å². The Balaban J connectivity index is 0.00000480. The largest absolute Gasteiger partial charge is 0.497 e. The number of morpholine rings is 1. The zero-order valence-electron chi connectivity index (χ0n) is 20.1. The maximum atomic E-state index is 5.97. The second-order valence-electron chi connectivity index (χ2n) is 8.50. The first kappa shape index (κ1) is 27.9. The fourth-order valence-corrected chi connectivity index (χ4v) is 3.71. The molecule has 1 aliphatic heterocycles. The van der Waals surface area contributed by atoms with E-state index in [-0.39, 0.29) is 36.1 Å². The summed E-state index contributed by atoms with van der Waals surface area (Å²) in [7, 11) is 5.86. The number of hydrogen-bond acceptors (Lipinski definition) is 5. The molecule has 0 amide bonds. The summed E-state index contributed by atoms with van der Waals surface area (Å²) in [5.41, 5.74) is 1.22. The number of benzene rings is 1. The van der Waals surface area contributed by atoms with Crippen molar-refractivity contribution < 1.29 is 9.47 Å². The van der Waals surface area contributed by atoms with Gasteiger partial charge in [0, 0.05) is 32.7 Å². The summed E-state index contributed by atoms with van der Waals surface area (Å²) in [6.45, 7) is 12.8. The molecule has 31 heavy (non-hydrogen) atoms. The molecular formula is C23H42IN5O2. The second-order valence-corrected chi connectivity index (χ2v) is 8.50. The highest BCUT2D eigenvalue weighted by atomic mass is 127. The molecule has 0 radical (unpaired) electrons. The Morgan fingerprint density at radius 2 is 1.97 bits per heavy atom. The van der Waals surface area contributed by atoms with Gasteiger partial charge < -0.3 is 25.0 Å². The van der Waals surface area contributed by atoms with Crippen LogP contribution in [0.3, 0.4) is 0 Å². The number of nitrogens with zero attached hydrogens (tertiary/aromatic N) is 3. The van der Waals surface area contributed by atoms with Gasteiger partial charge in [-0.25, -0.2) is 0 Å². The number of hydrogen-bond donors (Lipinski definition) is 2. The minimum atomic E-state index is 0. The topological polar surface area (TPSA) is 61.4 Å². The number of aliphatic imine (C=N–C) groups is 1. The van der Waals surface area contributed by atoms with Gasteiger partial charge in [0.2, 0.25) is 0 Å². The quantitative estimate of drug-likeness (QED) is 0.267. The normalized spacial score (nSPS) is 18.6. The van der Waals surface area contributed by atoms with Crippen LogP contribution in [0.1, 0.15) is 32.4 Å². The van der Waals surface area contributed by atoms with Crippen LogP contribution in [0.5, 0.6) is 5.75 Å². The van der Waals surface area contributed by atoms with Crippen LogP contribution in [0.2, 0.25) is 0 Å². The number of guanidine groups is 1. The van der Waals surface area contributed by atoms with Crippen LogP contribution in [-0.4, -0.2) is 88.9 Å². The van der Waals surface area contributed by atoms with Gasteiger partial charge in [-0.3, -0.25) is 9.89 Å². The molecule has 0 aromatic heterocycles. The molecular weight excluding hydrogens is 505 g/mol. The van der Waals surface area contributed by atoms with E-state index in [1.165, 1.54) is 5.56 Å². The molecule has 1 aromatic carbocycles. The molecule has 178 valence electrons. The van der Waals surface area contributed by atoms with E-state index in [9.17, 15) is 0 Å². The van der Waals surface area contributed by atoms with Crippen molar-refractivity contribution in [3.63, 3.8) is 0 Å². The SMILES string of the molecule is CCNC(=NCC(c1ccc(OC)cc1)N(C)C)NCC1CN(CC(C)C)CCO1.I. The Hall–Kier alpha value is -1.10. The lowest BCUT2D eigenvalue weighted by molar-refractivity contribution is -0.0284. The summed E-state index contributed by atoms with van der Waals surface area (Å²) in [6.07, 6.45) is 0.188. The maximum absolute atomic E-state index is 5.97. The van der Waals surface area contributed by atoms with E-state index < -0.39 is 0 Å². The fourth-order valence-electron chi connectivity index (χ4n) is 3.71. The van der Waals surface area contributed by atoms with Crippen molar-refractivity contribution in [2.75, 3.05) is 67.1 Å². The molecule has 0 aliphatic carbocycles. The highest BCUT2D eigenvalue weighted by Crippen LogP contribution is 2.21. The maximum Gasteiger partial charge on any atom is 0.191 e. The summed E-state index contributed by atoms with van der Waals surface area (Å²) >= 11 is 0. The van der Waals surface area contributed by atoms with Crippen molar-refractivity contribution in [2.45, 2.75) is 32.9 Å². The molecule has 2 atom stereocenters. The van der Waals surface area contributed by atoms with Gasteiger partial charge in [-0.1, -0.05) is 26.0 Å². The average Bonchev–Trinajstić information content (AvgIpc) is 2.72. The predicted molar refractivity (Wildman–Crippen MR) is 140 cm³/mol. The van der Waals surface area contributed by atoms with Crippen LogP contribution in [0, 0.1) is 5.92 Å². The highest BCUT2D eigenvalue weighted by Gasteiger charge is 2.21. The summed E-state index contributed by atoms with van der Waals surface area (Å²) in [5.74, 6) is 2.38. The van der Waals surface area contributed by atoms with E-state index in [0.29, 0.717) is 12.5 Å². The molecule has 7 nitrogen and oxygen atoms in total. The number of rotatable bonds is 10. The van der Waals surface area contributed by atoms with Gasteiger partial charge in [0.25, 0.3) is 0 Å². The number of ether oxygens (including phenoxy) is 2. The van der Waals surface area contributed by atoms with Gasteiger partial charge in [-0.15, -0.1) is 24.0 Å². The lowest BCUT2D eigenvalue weighted by atomic mass is 10.1. The molecule has 2 N–H and O–H groups in total. The number of nitrogens with one attached hydrogen (secondary N) is 2. The molecule has 0 bridgehead atoms.